The molecule has 118 valence electrons. The molecule has 2 aromatic rings. The smallest absolute Gasteiger partial charge is 0.475 e. The van der Waals surface area contributed by atoms with Crippen molar-refractivity contribution in [3.8, 4) is 0 Å². The Bertz CT molecular complexity index is 779. The number of carboxylic acid groups (broad SMARTS) is 1. The molecule has 6 nitrogen and oxygen atoms in total. The van der Waals surface area contributed by atoms with E-state index in [2.05, 4.69) is 0 Å². The minimum absolute atomic E-state index is 0.330. The molecule has 0 radical (unpaired) electrons. The lowest BCUT2D eigenvalue weighted by Crippen LogP contribution is -2.21. The van der Waals surface area contributed by atoms with E-state index in [1.54, 1.807) is 12.1 Å². The molecule has 0 unspecified atom stereocenters. The van der Waals surface area contributed by atoms with Gasteiger partial charge < -0.3 is 15.3 Å². The van der Waals surface area contributed by atoms with Gasteiger partial charge in [0.2, 0.25) is 5.91 Å². The SMILES string of the molecule is Cc1cc(=O)oc2cc(C(N)=O)ccc12.O=C(O)C(F)(F)F. The first-order chi connectivity index (χ1) is 10.0. The molecule has 1 amide bonds. The summed E-state index contributed by atoms with van der Waals surface area (Å²) in [5, 5.41) is 7.93. The summed E-state index contributed by atoms with van der Waals surface area (Å²) >= 11 is 0. The van der Waals surface area contributed by atoms with Crippen molar-refractivity contribution in [2.75, 3.05) is 0 Å². The molecule has 1 aromatic heterocycles. The number of carbonyl (C=O) groups is 2. The number of aliphatic carboxylic acids is 1. The molecule has 1 heterocycles. The number of amides is 1. The fourth-order valence-electron chi connectivity index (χ4n) is 1.48. The van der Waals surface area contributed by atoms with Gasteiger partial charge in [-0.3, -0.25) is 4.79 Å². The molecule has 3 N–H and O–H groups in total. The Morgan fingerprint density at radius 3 is 2.23 bits per heavy atom. The van der Waals surface area contributed by atoms with E-state index in [4.69, 9.17) is 20.1 Å². The maximum absolute atomic E-state index is 11.1. The van der Waals surface area contributed by atoms with Gasteiger partial charge in [-0.15, -0.1) is 0 Å². The number of primary amides is 1. The topological polar surface area (TPSA) is 111 Å². The van der Waals surface area contributed by atoms with Crippen LogP contribution in [0.5, 0.6) is 0 Å². The maximum Gasteiger partial charge on any atom is 0.490 e. The third-order valence-electron chi connectivity index (χ3n) is 2.48. The molecule has 0 aliphatic heterocycles. The van der Waals surface area contributed by atoms with E-state index in [1.807, 2.05) is 6.92 Å². The van der Waals surface area contributed by atoms with Crippen molar-refractivity contribution >= 4 is 22.8 Å². The number of halogens is 3. The van der Waals surface area contributed by atoms with Gasteiger partial charge in [0.1, 0.15) is 5.58 Å². The molecule has 0 spiro atoms. The van der Waals surface area contributed by atoms with Crippen LogP contribution < -0.4 is 11.4 Å². The van der Waals surface area contributed by atoms with E-state index in [0.717, 1.165) is 10.9 Å². The highest BCUT2D eigenvalue weighted by Gasteiger charge is 2.38. The highest BCUT2D eigenvalue weighted by Crippen LogP contribution is 2.17. The molecule has 0 fully saturated rings. The first-order valence-corrected chi connectivity index (χ1v) is 5.67. The Hall–Kier alpha value is -2.84. The van der Waals surface area contributed by atoms with Gasteiger partial charge in [0, 0.05) is 17.0 Å². The number of carboxylic acids is 1. The summed E-state index contributed by atoms with van der Waals surface area (Å²) in [4.78, 5) is 30.9. The summed E-state index contributed by atoms with van der Waals surface area (Å²) < 4.78 is 36.7. The highest BCUT2D eigenvalue weighted by molar-refractivity contribution is 5.96. The zero-order valence-corrected chi connectivity index (χ0v) is 11.1. The summed E-state index contributed by atoms with van der Waals surface area (Å²) in [5.74, 6) is -3.30. The molecular weight excluding hydrogens is 307 g/mol. The van der Waals surface area contributed by atoms with Gasteiger partial charge >= 0.3 is 17.8 Å². The van der Waals surface area contributed by atoms with E-state index in [-0.39, 0.29) is 0 Å². The maximum atomic E-state index is 11.1. The minimum Gasteiger partial charge on any atom is -0.475 e. The predicted molar refractivity (Wildman–Crippen MR) is 69.4 cm³/mol. The third-order valence-corrected chi connectivity index (χ3v) is 2.48. The molecule has 1 aromatic carbocycles. The molecule has 22 heavy (non-hydrogen) atoms. The van der Waals surface area contributed by atoms with Crippen molar-refractivity contribution in [3.05, 3.63) is 45.8 Å². The lowest BCUT2D eigenvalue weighted by Gasteiger charge is -2.01. The number of alkyl halides is 3. The zero-order valence-electron chi connectivity index (χ0n) is 11.1. The number of nitrogens with two attached hydrogens (primary N) is 1. The van der Waals surface area contributed by atoms with Gasteiger partial charge in [-0.2, -0.15) is 13.2 Å². The summed E-state index contributed by atoms with van der Waals surface area (Å²) in [7, 11) is 0. The minimum atomic E-state index is -5.08. The average molecular weight is 317 g/mol. The quantitative estimate of drug-likeness (QED) is 0.780. The second-order valence-electron chi connectivity index (χ2n) is 4.13. The van der Waals surface area contributed by atoms with Crippen LogP contribution in [0.4, 0.5) is 13.2 Å². The molecular formula is C13H10F3NO5. The van der Waals surface area contributed by atoms with Crippen LogP contribution >= 0.6 is 0 Å². The van der Waals surface area contributed by atoms with Crippen LogP contribution in [0.1, 0.15) is 15.9 Å². The van der Waals surface area contributed by atoms with Crippen LogP contribution in [0.25, 0.3) is 11.0 Å². The van der Waals surface area contributed by atoms with Crippen molar-refractivity contribution in [3.63, 3.8) is 0 Å². The summed E-state index contributed by atoms with van der Waals surface area (Å²) in [6.45, 7) is 1.81. The summed E-state index contributed by atoms with van der Waals surface area (Å²) in [6, 6.07) is 6.21. The zero-order chi connectivity index (χ0) is 17.1. The van der Waals surface area contributed by atoms with E-state index in [0.29, 0.717) is 11.1 Å². The fraction of sp³-hybridized carbons (Fsp3) is 0.154. The third kappa shape index (κ3) is 4.33. The summed E-state index contributed by atoms with van der Waals surface area (Å²) in [5.41, 5.74) is 6.23. The van der Waals surface area contributed by atoms with Gasteiger partial charge in [-0.25, -0.2) is 9.59 Å². The van der Waals surface area contributed by atoms with E-state index in [1.165, 1.54) is 12.1 Å². The molecule has 0 atom stereocenters. The lowest BCUT2D eigenvalue weighted by molar-refractivity contribution is -0.192. The molecule has 0 aliphatic carbocycles. The van der Waals surface area contributed by atoms with Gasteiger partial charge in [-0.1, -0.05) is 6.07 Å². The first kappa shape index (κ1) is 17.2. The Morgan fingerprint density at radius 2 is 1.77 bits per heavy atom. The second-order valence-corrected chi connectivity index (χ2v) is 4.13. The highest BCUT2D eigenvalue weighted by atomic mass is 19.4. The Kier molecular flexibility index (Phi) is 4.92. The van der Waals surface area contributed by atoms with Gasteiger partial charge in [0.15, 0.2) is 0 Å². The number of benzene rings is 1. The predicted octanol–water partition coefficient (Wildman–Crippen LogP) is 1.83. The van der Waals surface area contributed by atoms with Gasteiger partial charge in [0.05, 0.1) is 0 Å². The number of hydrogen-bond acceptors (Lipinski definition) is 4. The molecule has 0 bridgehead atoms. The van der Waals surface area contributed by atoms with Crippen molar-refractivity contribution in [2.45, 2.75) is 13.1 Å². The van der Waals surface area contributed by atoms with Crippen molar-refractivity contribution < 1.29 is 32.3 Å². The normalized spacial score (nSPS) is 10.7. The summed E-state index contributed by atoms with van der Waals surface area (Å²) in [6.07, 6.45) is -5.08. The Balaban J connectivity index is 0.000000295. The average Bonchev–Trinajstić information content (AvgIpc) is 2.37. The molecule has 9 heteroatoms. The van der Waals surface area contributed by atoms with E-state index in [9.17, 15) is 22.8 Å². The van der Waals surface area contributed by atoms with Crippen molar-refractivity contribution in [1.82, 2.24) is 0 Å². The molecule has 0 aliphatic rings. The van der Waals surface area contributed by atoms with Crippen LogP contribution in [-0.2, 0) is 4.79 Å². The van der Waals surface area contributed by atoms with Crippen molar-refractivity contribution in [2.24, 2.45) is 5.73 Å². The molecule has 2 rings (SSSR count). The fourth-order valence-corrected chi connectivity index (χ4v) is 1.48. The number of aryl methyl sites for hydroxylation is 1. The van der Waals surface area contributed by atoms with Gasteiger partial charge in [-0.05, 0) is 24.6 Å². The second kappa shape index (κ2) is 6.29. The van der Waals surface area contributed by atoms with Crippen molar-refractivity contribution in [1.29, 1.82) is 0 Å². The van der Waals surface area contributed by atoms with E-state index < -0.39 is 23.7 Å². The van der Waals surface area contributed by atoms with Crippen LogP contribution in [-0.4, -0.2) is 23.2 Å². The van der Waals surface area contributed by atoms with Crippen LogP contribution in [0.2, 0.25) is 0 Å². The Labute approximate surface area is 120 Å². The number of carbonyl (C=O) groups excluding carboxylic acids is 1. The standard InChI is InChI=1S/C11H9NO3.C2HF3O2/c1-6-4-10(13)15-9-5-7(11(12)14)2-3-8(6)9;3-2(4,5)1(6)7/h2-5H,1H3,(H2,12,14);(H,6,7). The van der Waals surface area contributed by atoms with Crippen LogP contribution in [0.3, 0.4) is 0 Å². The monoisotopic (exact) mass is 317 g/mol. The van der Waals surface area contributed by atoms with Gasteiger partial charge in [0.25, 0.3) is 0 Å². The first-order valence-electron chi connectivity index (χ1n) is 5.67. The lowest BCUT2D eigenvalue weighted by atomic mass is 10.1. The van der Waals surface area contributed by atoms with Crippen LogP contribution in [0.15, 0.2) is 33.5 Å². The van der Waals surface area contributed by atoms with Crippen LogP contribution in [0, 0.1) is 6.92 Å². The Morgan fingerprint density at radius 1 is 1.23 bits per heavy atom. The van der Waals surface area contributed by atoms with E-state index >= 15 is 0 Å². The molecule has 0 saturated carbocycles. The number of fused-ring (bicyclic) bond motifs is 1. The number of rotatable bonds is 1. The largest absolute Gasteiger partial charge is 0.490 e. The number of hydrogen-bond donors (Lipinski definition) is 2. The molecule has 0 saturated heterocycles.